The predicted molar refractivity (Wildman–Crippen MR) is 72.4 cm³/mol. The van der Waals surface area contributed by atoms with Gasteiger partial charge in [0, 0.05) is 23.8 Å². The van der Waals surface area contributed by atoms with E-state index in [9.17, 15) is 9.59 Å². The second kappa shape index (κ2) is 5.59. The van der Waals surface area contributed by atoms with Crippen LogP contribution in [0.25, 0.3) is 0 Å². The molecule has 2 N–H and O–H groups in total. The molecule has 19 heavy (non-hydrogen) atoms. The molecule has 1 aliphatic heterocycles. The van der Waals surface area contributed by atoms with Gasteiger partial charge in [-0.05, 0) is 30.7 Å². The number of hydrogen-bond donors (Lipinski definition) is 2. The maximum absolute atomic E-state index is 11.8. The third-order valence-corrected chi connectivity index (χ3v) is 3.37. The van der Waals surface area contributed by atoms with Crippen LogP contribution in [0.2, 0.25) is 5.02 Å². The predicted octanol–water partition coefficient (Wildman–Crippen LogP) is 1.60. The van der Waals surface area contributed by atoms with Gasteiger partial charge in [-0.15, -0.1) is 0 Å². The first-order valence-electron chi connectivity index (χ1n) is 5.97. The summed E-state index contributed by atoms with van der Waals surface area (Å²) < 4.78 is 0. The van der Waals surface area contributed by atoms with Crippen LogP contribution < -0.4 is 5.32 Å². The van der Waals surface area contributed by atoms with Gasteiger partial charge in [-0.2, -0.15) is 0 Å². The molecule has 1 saturated heterocycles. The number of carboxylic acids is 1. The highest BCUT2D eigenvalue weighted by Gasteiger charge is 2.33. The van der Waals surface area contributed by atoms with Crippen LogP contribution in [-0.2, 0) is 9.59 Å². The van der Waals surface area contributed by atoms with Crippen molar-refractivity contribution in [1.29, 1.82) is 0 Å². The summed E-state index contributed by atoms with van der Waals surface area (Å²) in [7, 11) is 0. The standard InChI is InChI=1S/C13H15ClN2O3/c1-8-4-10(14)2-3-11(8)15-12(17)7-16-5-9(6-16)13(18)19/h2-4,9H,5-7H2,1H3,(H,15,17)(H,18,19). The van der Waals surface area contributed by atoms with Crippen molar-refractivity contribution in [3.05, 3.63) is 28.8 Å². The summed E-state index contributed by atoms with van der Waals surface area (Å²) in [5.74, 6) is -1.29. The summed E-state index contributed by atoms with van der Waals surface area (Å²) in [5.41, 5.74) is 1.62. The van der Waals surface area contributed by atoms with Crippen LogP contribution in [0, 0.1) is 12.8 Å². The van der Waals surface area contributed by atoms with Crippen LogP contribution in [-0.4, -0.2) is 41.5 Å². The number of anilines is 1. The SMILES string of the molecule is Cc1cc(Cl)ccc1NC(=O)CN1CC(C(=O)O)C1. The van der Waals surface area contributed by atoms with Crippen molar-refractivity contribution in [3.8, 4) is 0 Å². The first-order chi connectivity index (χ1) is 8.95. The van der Waals surface area contributed by atoms with Crippen molar-refractivity contribution in [1.82, 2.24) is 4.90 Å². The second-order valence-electron chi connectivity index (χ2n) is 4.74. The minimum atomic E-state index is -0.801. The summed E-state index contributed by atoms with van der Waals surface area (Å²) in [5, 5.41) is 12.2. The molecule has 1 fully saturated rings. The summed E-state index contributed by atoms with van der Waals surface area (Å²) >= 11 is 5.84. The Morgan fingerprint density at radius 3 is 2.74 bits per heavy atom. The van der Waals surface area contributed by atoms with Crippen LogP contribution in [0.15, 0.2) is 18.2 Å². The van der Waals surface area contributed by atoms with Crippen LogP contribution in [0.3, 0.4) is 0 Å². The van der Waals surface area contributed by atoms with Gasteiger partial charge in [-0.25, -0.2) is 0 Å². The molecule has 0 spiro atoms. The highest BCUT2D eigenvalue weighted by molar-refractivity contribution is 6.30. The average Bonchev–Trinajstić information content (AvgIpc) is 2.26. The molecule has 0 unspecified atom stereocenters. The van der Waals surface area contributed by atoms with Crippen molar-refractivity contribution in [2.45, 2.75) is 6.92 Å². The third-order valence-electron chi connectivity index (χ3n) is 3.14. The first-order valence-corrected chi connectivity index (χ1v) is 6.34. The van der Waals surface area contributed by atoms with Gasteiger partial charge in [0.25, 0.3) is 0 Å². The smallest absolute Gasteiger partial charge is 0.309 e. The van der Waals surface area contributed by atoms with Crippen LogP contribution in [0.5, 0.6) is 0 Å². The Balaban J connectivity index is 1.84. The molecule has 1 heterocycles. The Kier molecular flexibility index (Phi) is 4.07. The van der Waals surface area contributed by atoms with E-state index in [-0.39, 0.29) is 18.4 Å². The number of carbonyl (C=O) groups is 2. The van der Waals surface area contributed by atoms with Gasteiger partial charge in [-0.3, -0.25) is 14.5 Å². The molecule has 0 aromatic heterocycles. The van der Waals surface area contributed by atoms with Gasteiger partial charge in [-0.1, -0.05) is 11.6 Å². The fraction of sp³-hybridized carbons (Fsp3) is 0.385. The molecule has 5 nitrogen and oxygen atoms in total. The lowest BCUT2D eigenvalue weighted by Crippen LogP contribution is -2.52. The van der Waals surface area contributed by atoms with Crippen molar-refractivity contribution in [2.75, 3.05) is 25.0 Å². The van der Waals surface area contributed by atoms with Crippen molar-refractivity contribution in [3.63, 3.8) is 0 Å². The number of aryl methyl sites for hydroxylation is 1. The van der Waals surface area contributed by atoms with E-state index < -0.39 is 5.97 Å². The molecule has 6 heteroatoms. The molecule has 102 valence electrons. The minimum Gasteiger partial charge on any atom is -0.481 e. The number of nitrogens with zero attached hydrogens (tertiary/aromatic N) is 1. The van der Waals surface area contributed by atoms with Gasteiger partial charge in [0.05, 0.1) is 12.5 Å². The van der Waals surface area contributed by atoms with E-state index in [4.69, 9.17) is 16.7 Å². The number of nitrogens with one attached hydrogen (secondary N) is 1. The van der Waals surface area contributed by atoms with E-state index in [1.54, 1.807) is 23.1 Å². The maximum Gasteiger partial charge on any atom is 0.309 e. The molecule has 1 aliphatic rings. The Hall–Kier alpha value is -1.59. The van der Waals surface area contributed by atoms with E-state index in [0.29, 0.717) is 18.1 Å². The highest BCUT2D eigenvalue weighted by atomic mass is 35.5. The highest BCUT2D eigenvalue weighted by Crippen LogP contribution is 2.20. The molecule has 1 amide bonds. The maximum atomic E-state index is 11.8. The summed E-state index contributed by atoms with van der Waals surface area (Å²) in [6.07, 6.45) is 0. The number of aliphatic carboxylic acids is 1. The van der Waals surface area contributed by atoms with Crippen LogP contribution in [0.1, 0.15) is 5.56 Å². The lowest BCUT2D eigenvalue weighted by molar-refractivity contribution is -0.148. The van der Waals surface area contributed by atoms with Gasteiger partial charge in [0.15, 0.2) is 0 Å². The number of carboxylic acid groups (broad SMARTS) is 1. The van der Waals surface area contributed by atoms with E-state index in [0.717, 1.165) is 11.3 Å². The number of carbonyl (C=O) groups excluding carboxylic acids is 1. The fourth-order valence-electron chi connectivity index (χ4n) is 2.02. The molecule has 0 saturated carbocycles. The molecule has 0 aliphatic carbocycles. The molecule has 2 rings (SSSR count). The Bertz CT molecular complexity index is 513. The van der Waals surface area contributed by atoms with Gasteiger partial charge in [0.1, 0.15) is 0 Å². The average molecular weight is 283 g/mol. The molecular formula is C13H15ClN2O3. The Labute approximate surface area is 116 Å². The minimum absolute atomic E-state index is 0.144. The van der Waals surface area contributed by atoms with Gasteiger partial charge < -0.3 is 10.4 Å². The number of hydrogen-bond acceptors (Lipinski definition) is 3. The van der Waals surface area contributed by atoms with E-state index >= 15 is 0 Å². The third kappa shape index (κ3) is 3.45. The summed E-state index contributed by atoms with van der Waals surface area (Å²) in [4.78, 5) is 24.2. The molecular weight excluding hydrogens is 268 g/mol. The zero-order valence-corrected chi connectivity index (χ0v) is 11.3. The first kappa shape index (κ1) is 13.8. The van der Waals surface area contributed by atoms with Crippen molar-refractivity contribution in [2.24, 2.45) is 5.92 Å². The molecule has 1 aromatic rings. The molecule has 0 atom stereocenters. The molecule has 1 aromatic carbocycles. The Morgan fingerprint density at radius 2 is 2.16 bits per heavy atom. The topological polar surface area (TPSA) is 69.6 Å². The zero-order chi connectivity index (χ0) is 14.0. The van der Waals surface area contributed by atoms with Crippen molar-refractivity contribution < 1.29 is 14.7 Å². The normalized spacial score (nSPS) is 15.9. The summed E-state index contributed by atoms with van der Waals surface area (Å²) in [6.45, 7) is 2.95. The van der Waals surface area contributed by atoms with E-state index in [2.05, 4.69) is 5.32 Å². The van der Waals surface area contributed by atoms with Gasteiger partial charge >= 0.3 is 5.97 Å². The van der Waals surface area contributed by atoms with E-state index in [1.165, 1.54) is 0 Å². The monoisotopic (exact) mass is 282 g/mol. The number of amides is 1. The van der Waals surface area contributed by atoms with Crippen molar-refractivity contribution >= 4 is 29.2 Å². The van der Waals surface area contributed by atoms with Crippen LogP contribution in [0.4, 0.5) is 5.69 Å². The number of rotatable bonds is 4. The molecule has 0 bridgehead atoms. The number of likely N-dealkylation sites (tertiary alicyclic amines) is 1. The lowest BCUT2D eigenvalue weighted by atomic mass is 10.0. The molecule has 0 radical (unpaired) electrons. The lowest BCUT2D eigenvalue weighted by Gasteiger charge is -2.35. The fourth-order valence-corrected chi connectivity index (χ4v) is 2.24. The largest absolute Gasteiger partial charge is 0.481 e. The van der Waals surface area contributed by atoms with Gasteiger partial charge in [0.2, 0.25) is 5.91 Å². The zero-order valence-electron chi connectivity index (χ0n) is 10.5. The quantitative estimate of drug-likeness (QED) is 0.880. The second-order valence-corrected chi connectivity index (χ2v) is 5.17. The van der Waals surface area contributed by atoms with E-state index in [1.807, 2.05) is 6.92 Å². The summed E-state index contributed by atoms with van der Waals surface area (Å²) in [6, 6.07) is 5.25. The number of benzene rings is 1. The number of halogens is 1. The Morgan fingerprint density at radius 1 is 1.47 bits per heavy atom. The van der Waals surface area contributed by atoms with Crippen LogP contribution >= 0.6 is 11.6 Å².